The van der Waals surface area contributed by atoms with Crippen molar-refractivity contribution in [1.82, 2.24) is 0 Å². The van der Waals surface area contributed by atoms with Crippen LogP contribution in [0.15, 0.2) is 23.8 Å². The summed E-state index contributed by atoms with van der Waals surface area (Å²) in [6.07, 6.45) is 14.2. The van der Waals surface area contributed by atoms with Gasteiger partial charge in [-0.1, -0.05) is 69.8 Å². The van der Waals surface area contributed by atoms with E-state index >= 15 is 0 Å². The minimum Gasteiger partial charge on any atom is -0.481 e. The van der Waals surface area contributed by atoms with E-state index in [0.29, 0.717) is 6.61 Å². The van der Waals surface area contributed by atoms with E-state index in [1.54, 1.807) is 7.11 Å². The average molecular weight is 308 g/mol. The van der Waals surface area contributed by atoms with Crippen LogP contribution in [-0.2, 0) is 9.53 Å². The second-order valence-electron chi connectivity index (χ2n) is 6.37. The quantitative estimate of drug-likeness (QED) is 0.548. The molecule has 3 nitrogen and oxygen atoms in total. The summed E-state index contributed by atoms with van der Waals surface area (Å²) in [5.41, 5.74) is 0.526. The molecule has 0 amide bonds. The van der Waals surface area contributed by atoms with Crippen molar-refractivity contribution in [1.29, 1.82) is 0 Å². The molecule has 0 fully saturated rings. The Hall–Kier alpha value is -1.09. The first-order valence-electron chi connectivity index (χ1n) is 8.73. The Morgan fingerprint density at radius 3 is 2.64 bits per heavy atom. The van der Waals surface area contributed by atoms with Crippen molar-refractivity contribution in [3.8, 4) is 0 Å². The summed E-state index contributed by atoms with van der Waals surface area (Å²) < 4.78 is 5.21. The molecule has 1 rings (SSSR count). The van der Waals surface area contributed by atoms with Gasteiger partial charge in [-0.15, -0.1) is 0 Å². The van der Waals surface area contributed by atoms with Crippen LogP contribution in [0.2, 0.25) is 0 Å². The first-order chi connectivity index (χ1) is 10.6. The van der Waals surface area contributed by atoms with Crippen molar-refractivity contribution in [2.24, 2.45) is 11.3 Å². The molecule has 1 N–H and O–H groups in total. The number of hydrogen-bond donors (Lipinski definition) is 1. The van der Waals surface area contributed by atoms with E-state index in [-0.39, 0.29) is 5.92 Å². The normalized spacial score (nSPS) is 24.3. The highest BCUT2D eigenvalue weighted by Gasteiger charge is 2.43. The zero-order valence-corrected chi connectivity index (χ0v) is 14.4. The second-order valence-corrected chi connectivity index (χ2v) is 6.37. The highest BCUT2D eigenvalue weighted by molar-refractivity contribution is 5.78. The lowest BCUT2D eigenvalue weighted by molar-refractivity contribution is -0.149. The lowest BCUT2D eigenvalue weighted by Gasteiger charge is -2.36. The Morgan fingerprint density at radius 1 is 1.27 bits per heavy atom. The first-order valence-corrected chi connectivity index (χ1v) is 8.73. The number of aliphatic carboxylic acids is 1. The molecular weight excluding hydrogens is 276 g/mol. The summed E-state index contributed by atoms with van der Waals surface area (Å²) in [5.74, 6) is -0.647. The molecule has 0 saturated carbocycles. The van der Waals surface area contributed by atoms with E-state index in [2.05, 4.69) is 19.9 Å². The van der Waals surface area contributed by atoms with Crippen LogP contribution < -0.4 is 0 Å². The summed E-state index contributed by atoms with van der Waals surface area (Å²) >= 11 is 0. The van der Waals surface area contributed by atoms with Gasteiger partial charge >= 0.3 is 5.97 Å². The average Bonchev–Trinajstić information content (AvgIpc) is 2.51. The topological polar surface area (TPSA) is 46.5 Å². The number of rotatable bonds is 11. The van der Waals surface area contributed by atoms with E-state index in [1.165, 1.54) is 18.4 Å². The lowest BCUT2D eigenvalue weighted by atomic mass is 9.67. The van der Waals surface area contributed by atoms with Gasteiger partial charge in [-0.3, -0.25) is 4.79 Å². The molecule has 1 aliphatic rings. The van der Waals surface area contributed by atoms with E-state index < -0.39 is 11.4 Å². The molecular formula is C19H32O3. The Bertz CT molecular complexity index is 397. The van der Waals surface area contributed by atoms with Gasteiger partial charge in [0.05, 0.1) is 5.41 Å². The molecule has 1 aliphatic carbocycles. The summed E-state index contributed by atoms with van der Waals surface area (Å²) in [4.78, 5) is 12.1. The molecule has 0 aliphatic heterocycles. The smallest absolute Gasteiger partial charge is 0.314 e. The van der Waals surface area contributed by atoms with Crippen LogP contribution in [0.1, 0.15) is 65.2 Å². The van der Waals surface area contributed by atoms with Crippen LogP contribution in [0, 0.1) is 11.3 Å². The maximum atomic E-state index is 12.1. The maximum Gasteiger partial charge on any atom is 0.314 e. The number of ether oxygens (including phenoxy) is 1. The van der Waals surface area contributed by atoms with E-state index in [0.717, 1.165) is 38.5 Å². The van der Waals surface area contributed by atoms with E-state index in [1.807, 2.05) is 12.2 Å². The fraction of sp³-hybridized carbons (Fsp3) is 0.737. The van der Waals surface area contributed by atoms with Crippen LogP contribution in [0.3, 0.4) is 0 Å². The standard InChI is InChI=1S/C19H32O3/c1-4-6-7-8-12-19(18(20)21)13-10-16(9-5-2)15-17(19)11-14-22-3/h10,13,15,17H,4-9,11-12,14H2,1-3H3,(H,20,21). The molecule has 2 unspecified atom stereocenters. The molecule has 0 aromatic heterocycles. The Morgan fingerprint density at radius 2 is 2.05 bits per heavy atom. The van der Waals surface area contributed by atoms with E-state index in [9.17, 15) is 9.90 Å². The van der Waals surface area contributed by atoms with Crippen molar-refractivity contribution in [2.45, 2.75) is 65.2 Å². The zero-order chi connectivity index (χ0) is 16.4. The number of hydrogen-bond acceptors (Lipinski definition) is 2. The predicted molar refractivity (Wildman–Crippen MR) is 90.9 cm³/mol. The number of carbonyl (C=O) groups is 1. The molecule has 0 bridgehead atoms. The number of allylic oxidation sites excluding steroid dienone is 3. The maximum absolute atomic E-state index is 12.1. The zero-order valence-electron chi connectivity index (χ0n) is 14.4. The molecule has 22 heavy (non-hydrogen) atoms. The van der Waals surface area contributed by atoms with E-state index in [4.69, 9.17) is 4.74 Å². The summed E-state index contributed by atoms with van der Waals surface area (Å²) in [6.45, 7) is 4.94. The van der Waals surface area contributed by atoms with Crippen molar-refractivity contribution < 1.29 is 14.6 Å². The van der Waals surface area contributed by atoms with Crippen LogP contribution in [-0.4, -0.2) is 24.8 Å². The van der Waals surface area contributed by atoms with Crippen molar-refractivity contribution in [3.05, 3.63) is 23.8 Å². The van der Waals surface area contributed by atoms with Crippen molar-refractivity contribution >= 4 is 5.97 Å². The summed E-state index contributed by atoms with van der Waals surface area (Å²) in [5, 5.41) is 9.91. The highest BCUT2D eigenvalue weighted by Crippen LogP contribution is 2.43. The Kier molecular flexibility index (Phi) is 8.47. The fourth-order valence-electron chi connectivity index (χ4n) is 3.33. The molecule has 0 radical (unpaired) electrons. The molecule has 0 aromatic rings. The van der Waals surface area contributed by atoms with Gasteiger partial charge in [-0.25, -0.2) is 0 Å². The van der Waals surface area contributed by atoms with Crippen molar-refractivity contribution in [3.63, 3.8) is 0 Å². The number of unbranched alkanes of at least 4 members (excludes halogenated alkanes) is 3. The van der Waals surface area contributed by atoms with Crippen LogP contribution in [0.5, 0.6) is 0 Å². The van der Waals surface area contributed by atoms with Gasteiger partial charge in [0, 0.05) is 13.7 Å². The molecule has 0 aromatic carbocycles. The minimum absolute atomic E-state index is 0.0399. The van der Waals surface area contributed by atoms with Crippen LogP contribution >= 0.6 is 0 Å². The van der Waals surface area contributed by atoms with Gasteiger partial charge in [-0.05, 0) is 25.2 Å². The molecule has 126 valence electrons. The molecule has 0 saturated heterocycles. The van der Waals surface area contributed by atoms with Gasteiger partial charge in [0.25, 0.3) is 0 Å². The van der Waals surface area contributed by atoms with Gasteiger partial charge in [-0.2, -0.15) is 0 Å². The molecule has 0 spiro atoms. The van der Waals surface area contributed by atoms with Gasteiger partial charge < -0.3 is 9.84 Å². The first kappa shape index (κ1) is 19.0. The van der Waals surface area contributed by atoms with Gasteiger partial charge in [0.2, 0.25) is 0 Å². The third-order valence-corrected chi connectivity index (χ3v) is 4.69. The molecule has 0 heterocycles. The minimum atomic E-state index is -0.747. The number of methoxy groups -OCH3 is 1. The SMILES string of the molecule is CCCCCCC1(C(=O)O)C=CC(CCC)=CC1CCOC. The largest absolute Gasteiger partial charge is 0.481 e. The number of carboxylic acid groups (broad SMARTS) is 1. The predicted octanol–water partition coefficient (Wildman–Crippen LogP) is 4.98. The lowest BCUT2D eigenvalue weighted by Crippen LogP contribution is -2.38. The second kappa shape index (κ2) is 9.83. The molecule has 2 atom stereocenters. The highest BCUT2D eigenvalue weighted by atomic mass is 16.5. The summed E-state index contributed by atoms with van der Waals surface area (Å²) in [7, 11) is 1.68. The fourth-order valence-corrected chi connectivity index (χ4v) is 3.33. The van der Waals surface area contributed by atoms with Crippen LogP contribution in [0.25, 0.3) is 0 Å². The third-order valence-electron chi connectivity index (χ3n) is 4.69. The van der Waals surface area contributed by atoms with Crippen LogP contribution in [0.4, 0.5) is 0 Å². The van der Waals surface area contributed by atoms with Crippen molar-refractivity contribution in [2.75, 3.05) is 13.7 Å². The van der Waals surface area contributed by atoms with Gasteiger partial charge in [0.15, 0.2) is 0 Å². The molecule has 3 heteroatoms. The Labute approximate surface area is 135 Å². The monoisotopic (exact) mass is 308 g/mol. The number of carboxylic acids is 1. The van der Waals surface area contributed by atoms with Gasteiger partial charge in [0.1, 0.15) is 0 Å². The summed E-state index contributed by atoms with van der Waals surface area (Å²) in [6, 6.07) is 0. The Balaban J connectivity index is 2.90. The third kappa shape index (κ3) is 4.98.